The molecule has 3 nitrogen and oxygen atoms in total. The van der Waals surface area contributed by atoms with Gasteiger partial charge in [-0.2, -0.15) is 0 Å². The summed E-state index contributed by atoms with van der Waals surface area (Å²) in [6, 6.07) is 0. The first-order chi connectivity index (χ1) is 5.40. The number of nitrogens with zero attached hydrogens (tertiary/aromatic N) is 1. The van der Waals surface area contributed by atoms with Crippen LogP contribution in [0.25, 0.3) is 0 Å². The van der Waals surface area contributed by atoms with Crippen molar-refractivity contribution in [2.75, 3.05) is 33.4 Å². The van der Waals surface area contributed by atoms with E-state index in [2.05, 4.69) is 4.90 Å². The highest BCUT2D eigenvalue weighted by molar-refractivity contribution is 4.92. The van der Waals surface area contributed by atoms with Gasteiger partial charge in [0.15, 0.2) is 0 Å². The zero-order chi connectivity index (χ0) is 7.68. The Kier molecular flexibility index (Phi) is 2.11. The number of methoxy groups -OCH3 is 1. The normalized spacial score (nSPS) is 36.8. The summed E-state index contributed by atoms with van der Waals surface area (Å²) in [4.78, 5) is 2.41. The van der Waals surface area contributed by atoms with Crippen LogP contribution in [0.2, 0.25) is 0 Å². The third-order valence-corrected chi connectivity index (χ3v) is 2.47. The first-order valence-electron chi connectivity index (χ1n) is 4.27. The maximum absolute atomic E-state index is 5.41. The van der Waals surface area contributed by atoms with E-state index in [1.807, 2.05) is 0 Å². The van der Waals surface area contributed by atoms with Crippen molar-refractivity contribution in [3.63, 3.8) is 0 Å². The summed E-state index contributed by atoms with van der Waals surface area (Å²) in [5.41, 5.74) is 0. The minimum absolute atomic E-state index is 0.556. The van der Waals surface area contributed by atoms with E-state index in [4.69, 9.17) is 9.47 Å². The molecule has 0 N–H and O–H groups in total. The molecule has 0 unspecified atom stereocenters. The van der Waals surface area contributed by atoms with E-state index in [-0.39, 0.29) is 0 Å². The number of fused-ring (bicyclic) bond motifs is 1. The van der Waals surface area contributed by atoms with E-state index >= 15 is 0 Å². The van der Waals surface area contributed by atoms with E-state index < -0.39 is 0 Å². The van der Waals surface area contributed by atoms with Crippen LogP contribution in [0.3, 0.4) is 0 Å². The van der Waals surface area contributed by atoms with Gasteiger partial charge in [-0.3, -0.25) is 4.90 Å². The Balaban J connectivity index is 1.68. The molecule has 0 spiro atoms. The predicted molar refractivity (Wildman–Crippen MR) is 41.6 cm³/mol. The van der Waals surface area contributed by atoms with Crippen molar-refractivity contribution < 1.29 is 9.47 Å². The summed E-state index contributed by atoms with van der Waals surface area (Å²) in [5.74, 6) is 0. The van der Waals surface area contributed by atoms with Gasteiger partial charge in [0.05, 0.1) is 18.8 Å². The van der Waals surface area contributed by atoms with Crippen molar-refractivity contribution in [3.8, 4) is 0 Å². The highest BCUT2D eigenvalue weighted by atomic mass is 16.6. The Hall–Kier alpha value is -0.120. The zero-order valence-corrected chi connectivity index (χ0v) is 6.95. The minimum atomic E-state index is 0.556. The summed E-state index contributed by atoms with van der Waals surface area (Å²) in [5, 5.41) is 0. The minimum Gasteiger partial charge on any atom is -0.383 e. The SMILES string of the molecule is COCCN1CC[C@H]2O[C@H]2C1. The van der Waals surface area contributed by atoms with Crippen LogP contribution in [0, 0.1) is 0 Å². The van der Waals surface area contributed by atoms with E-state index in [1.165, 1.54) is 13.0 Å². The molecule has 0 radical (unpaired) electrons. The van der Waals surface area contributed by atoms with Gasteiger partial charge in [0.1, 0.15) is 0 Å². The summed E-state index contributed by atoms with van der Waals surface area (Å²) < 4.78 is 10.4. The lowest BCUT2D eigenvalue weighted by atomic mass is 10.1. The second kappa shape index (κ2) is 3.09. The maximum Gasteiger partial charge on any atom is 0.0968 e. The number of rotatable bonds is 3. The van der Waals surface area contributed by atoms with Gasteiger partial charge in [-0.15, -0.1) is 0 Å². The van der Waals surface area contributed by atoms with Crippen LogP contribution < -0.4 is 0 Å². The van der Waals surface area contributed by atoms with Crippen molar-refractivity contribution in [2.45, 2.75) is 18.6 Å². The molecule has 0 aromatic heterocycles. The van der Waals surface area contributed by atoms with Crippen LogP contribution in [-0.4, -0.2) is 50.5 Å². The topological polar surface area (TPSA) is 25.0 Å². The molecule has 2 saturated heterocycles. The van der Waals surface area contributed by atoms with Gasteiger partial charge in [-0.25, -0.2) is 0 Å². The second-order valence-corrected chi connectivity index (χ2v) is 3.30. The van der Waals surface area contributed by atoms with Gasteiger partial charge in [0.25, 0.3) is 0 Å². The molecular formula is C8H15NO2. The van der Waals surface area contributed by atoms with Gasteiger partial charge in [0, 0.05) is 26.7 Å². The van der Waals surface area contributed by atoms with Gasteiger partial charge >= 0.3 is 0 Å². The second-order valence-electron chi connectivity index (χ2n) is 3.30. The van der Waals surface area contributed by atoms with Crippen molar-refractivity contribution in [1.29, 1.82) is 0 Å². The molecule has 3 heteroatoms. The molecule has 2 atom stereocenters. The van der Waals surface area contributed by atoms with Gasteiger partial charge in [0.2, 0.25) is 0 Å². The van der Waals surface area contributed by atoms with Crippen molar-refractivity contribution >= 4 is 0 Å². The molecule has 0 aromatic carbocycles. The molecule has 0 aromatic rings. The largest absolute Gasteiger partial charge is 0.383 e. The van der Waals surface area contributed by atoms with Crippen LogP contribution in [0.5, 0.6) is 0 Å². The van der Waals surface area contributed by atoms with Crippen LogP contribution in [0.1, 0.15) is 6.42 Å². The summed E-state index contributed by atoms with van der Waals surface area (Å²) in [6.07, 6.45) is 2.38. The van der Waals surface area contributed by atoms with Gasteiger partial charge < -0.3 is 9.47 Å². The molecule has 0 bridgehead atoms. The first-order valence-corrected chi connectivity index (χ1v) is 4.27. The Labute approximate surface area is 67.3 Å². The van der Waals surface area contributed by atoms with Crippen molar-refractivity contribution in [1.82, 2.24) is 4.90 Å². The zero-order valence-electron chi connectivity index (χ0n) is 6.95. The van der Waals surface area contributed by atoms with Gasteiger partial charge in [-0.05, 0) is 6.42 Å². The lowest BCUT2D eigenvalue weighted by Gasteiger charge is -2.23. The molecule has 64 valence electrons. The lowest BCUT2D eigenvalue weighted by Crippen LogP contribution is -2.36. The quantitative estimate of drug-likeness (QED) is 0.543. The molecule has 2 aliphatic rings. The Morgan fingerprint density at radius 3 is 3.18 bits per heavy atom. The fourth-order valence-electron chi connectivity index (χ4n) is 1.67. The molecule has 11 heavy (non-hydrogen) atoms. The molecule has 0 amide bonds. The number of ether oxygens (including phenoxy) is 2. The highest BCUT2D eigenvalue weighted by Crippen LogP contribution is 2.30. The fraction of sp³-hybridized carbons (Fsp3) is 1.00. The number of epoxide rings is 1. The average molecular weight is 157 g/mol. The average Bonchev–Trinajstić information content (AvgIpc) is 2.78. The van der Waals surface area contributed by atoms with Gasteiger partial charge in [-0.1, -0.05) is 0 Å². The first kappa shape index (κ1) is 7.53. The summed E-state index contributed by atoms with van der Waals surface area (Å²) in [7, 11) is 1.75. The number of hydrogen-bond acceptors (Lipinski definition) is 3. The van der Waals surface area contributed by atoms with Crippen molar-refractivity contribution in [2.24, 2.45) is 0 Å². The smallest absolute Gasteiger partial charge is 0.0968 e. The monoisotopic (exact) mass is 157 g/mol. The molecule has 0 saturated carbocycles. The molecule has 2 heterocycles. The molecule has 2 fully saturated rings. The maximum atomic E-state index is 5.41. The van der Waals surface area contributed by atoms with E-state index in [0.29, 0.717) is 12.2 Å². The fourth-order valence-corrected chi connectivity index (χ4v) is 1.67. The Morgan fingerprint density at radius 2 is 2.45 bits per heavy atom. The standard InChI is InChI=1S/C8H15NO2/c1-10-5-4-9-3-2-7-8(6-9)11-7/h7-8H,2-6H2,1H3/t7-,8+/m1/s1. The Morgan fingerprint density at radius 1 is 1.55 bits per heavy atom. The van der Waals surface area contributed by atoms with Crippen LogP contribution in [-0.2, 0) is 9.47 Å². The van der Waals surface area contributed by atoms with Crippen LogP contribution >= 0.6 is 0 Å². The van der Waals surface area contributed by atoms with E-state index in [0.717, 1.165) is 19.7 Å². The predicted octanol–water partition coefficient (Wildman–Crippen LogP) is 0.106. The number of likely N-dealkylation sites (tertiary alicyclic amines) is 1. The van der Waals surface area contributed by atoms with Crippen LogP contribution in [0.4, 0.5) is 0 Å². The molecule has 2 aliphatic heterocycles. The van der Waals surface area contributed by atoms with Crippen molar-refractivity contribution in [3.05, 3.63) is 0 Å². The Bertz CT molecular complexity index is 140. The number of hydrogen-bond donors (Lipinski definition) is 0. The molecule has 0 aliphatic carbocycles. The highest BCUT2D eigenvalue weighted by Gasteiger charge is 2.42. The third-order valence-electron chi connectivity index (χ3n) is 2.47. The summed E-state index contributed by atoms with van der Waals surface area (Å²) in [6.45, 7) is 4.21. The third kappa shape index (κ3) is 1.72. The van der Waals surface area contributed by atoms with Crippen LogP contribution in [0.15, 0.2) is 0 Å². The number of piperidine rings is 1. The molecule has 2 rings (SSSR count). The van der Waals surface area contributed by atoms with E-state index in [9.17, 15) is 0 Å². The summed E-state index contributed by atoms with van der Waals surface area (Å²) >= 11 is 0. The van der Waals surface area contributed by atoms with E-state index in [1.54, 1.807) is 7.11 Å². The molecular weight excluding hydrogens is 142 g/mol. The lowest BCUT2D eigenvalue weighted by molar-refractivity contribution is 0.140.